The minimum atomic E-state index is -0.746. The van der Waals surface area contributed by atoms with Crippen LogP contribution in [0.4, 0.5) is 0 Å². The Balaban J connectivity index is 1.85. The van der Waals surface area contributed by atoms with Crippen molar-refractivity contribution in [2.24, 2.45) is 0 Å². The number of pyridine rings is 1. The van der Waals surface area contributed by atoms with Crippen molar-refractivity contribution in [2.75, 3.05) is 26.2 Å². The van der Waals surface area contributed by atoms with E-state index in [4.69, 9.17) is 5.11 Å². The zero-order chi connectivity index (χ0) is 13.8. The summed E-state index contributed by atoms with van der Waals surface area (Å²) in [6, 6.07) is 1.67. The van der Waals surface area contributed by atoms with E-state index in [0.717, 1.165) is 37.2 Å². The lowest BCUT2D eigenvalue weighted by atomic mass is 10.2. The monoisotopic (exact) mass is 327 g/mol. The summed E-state index contributed by atoms with van der Waals surface area (Å²) in [5, 5.41) is 9.00. The van der Waals surface area contributed by atoms with Crippen LogP contribution < -0.4 is 0 Å². The number of carbonyl (C=O) groups is 1. The van der Waals surface area contributed by atoms with Gasteiger partial charge in [0, 0.05) is 49.6 Å². The van der Waals surface area contributed by atoms with E-state index in [1.165, 1.54) is 5.56 Å². The first-order chi connectivity index (χ1) is 9.06. The molecule has 1 N–H and O–H groups in total. The summed E-state index contributed by atoms with van der Waals surface area (Å²) in [5.41, 5.74) is 1.18. The van der Waals surface area contributed by atoms with E-state index in [0.29, 0.717) is 0 Å². The first-order valence-corrected chi connectivity index (χ1v) is 7.14. The Morgan fingerprint density at radius 1 is 1.42 bits per heavy atom. The summed E-state index contributed by atoms with van der Waals surface area (Å²) in [7, 11) is 0. The van der Waals surface area contributed by atoms with Crippen molar-refractivity contribution in [1.29, 1.82) is 0 Å². The fourth-order valence-corrected chi connectivity index (χ4v) is 2.68. The first kappa shape index (κ1) is 14.4. The van der Waals surface area contributed by atoms with Gasteiger partial charge >= 0.3 is 5.97 Å². The van der Waals surface area contributed by atoms with Crippen LogP contribution in [0.2, 0.25) is 0 Å². The predicted octanol–water partition coefficient (Wildman–Crippen LogP) is 1.43. The molecule has 1 unspecified atom stereocenters. The van der Waals surface area contributed by atoms with Crippen LogP contribution in [0.25, 0.3) is 0 Å². The Morgan fingerprint density at radius 3 is 2.68 bits per heavy atom. The number of halogens is 1. The maximum Gasteiger partial charge on any atom is 0.320 e. The molecule has 6 heteroatoms. The molecule has 5 nitrogen and oxygen atoms in total. The van der Waals surface area contributed by atoms with Crippen LogP contribution in [-0.2, 0) is 11.3 Å². The molecule has 1 atom stereocenters. The van der Waals surface area contributed by atoms with Crippen molar-refractivity contribution in [2.45, 2.75) is 19.5 Å². The molecule has 1 aromatic rings. The number of rotatable bonds is 4. The van der Waals surface area contributed by atoms with E-state index in [1.54, 1.807) is 13.1 Å². The summed E-state index contributed by atoms with van der Waals surface area (Å²) in [5.74, 6) is -0.746. The molecule has 1 aliphatic rings. The summed E-state index contributed by atoms with van der Waals surface area (Å²) in [4.78, 5) is 19.4. The van der Waals surface area contributed by atoms with Gasteiger partial charge in [-0.15, -0.1) is 0 Å². The molecule has 0 amide bonds. The second kappa shape index (κ2) is 6.45. The minimum absolute atomic E-state index is 0.394. The normalized spacial score (nSPS) is 19.3. The second-order valence-corrected chi connectivity index (χ2v) is 5.75. The minimum Gasteiger partial charge on any atom is -0.480 e. The molecule has 1 saturated heterocycles. The highest BCUT2D eigenvalue weighted by molar-refractivity contribution is 9.10. The quantitative estimate of drug-likeness (QED) is 0.906. The van der Waals surface area contributed by atoms with Gasteiger partial charge in [-0.1, -0.05) is 0 Å². The van der Waals surface area contributed by atoms with Gasteiger partial charge in [0.15, 0.2) is 0 Å². The van der Waals surface area contributed by atoms with Crippen molar-refractivity contribution < 1.29 is 9.90 Å². The van der Waals surface area contributed by atoms with Gasteiger partial charge in [0.25, 0.3) is 0 Å². The molecule has 1 aliphatic heterocycles. The molecule has 0 saturated carbocycles. The molecule has 0 radical (unpaired) electrons. The molecule has 0 aromatic carbocycles. The largest absolute Gasteiger partial charge is 0.480 e. The van der Waals surface area contributed by atoms with E-state index < -0.39 is 12.0 Å². The third-order valence-corrected chi connectivity index (χ3v) is 3.91. The number of nitrogens with zero attached hydrogens (tertiary/aromatic N) is 3. The van der Waals surface area contributed by atoms with Crippen LogP contribution in [0.15, 0.2) is 22.9 Å². The number of piperazine rings is 1. The first-order valence-electron chi connectivity index (χ1n) is 6.35. The fourth-order valence-electron chi connectivity index (χ4n) is 2.27. The average Bonchev–Trinajstić information content (AvgIpc) is 2.39. The van der Waals surface area contributed by atoms with Gasteiger partial charge in [-0.3, -0.25) is 19.6 Å². The Labute approximate surface area is 121 Å². The van der Waals surface area contributed by atoms with E-state index in [2.05, 4.69) is 31.9 Å². The lowest BCUT2D eigenvalue weighted by Crippen LogP contribution is -2.51. The highest BCUT2D eigenvalue weighted by atomic mass is 79.9. The van der Waals surface area contributed by atoms with E-state index in [-0.39, 0.29) is 0 Å². The number of carboxylic acid groups (broad SMARTS) is 1. The van der Waals surface area contributed by atoms with Crippen LogP contribution in [0.3, 0.4) is 0 Å². The molecule has 1 fully saturated rings. The summed E-state index contributed by atoms with van der Waals surface area (Å²) < 4.78 is 0.989. The van der Waals surface area contributed by atoms with E-state index in [1.807, 2.05) is 11.1 Å². The Kier molecular flexibility index (Phi) is 4.90. The molecule has 0 aliphatic carbocycles. The molecule has 0 spiro atoms. The van der Waals surface area contributed by atoms with E-state index in [9.17, 15) is 4.79 Å². The zero-order valence-corrected chi connectivity index (χ0v) is 12.5. The number of hydrogen-bond donors (Lipinski definition) is 1. The van der Waals surface area contributed by atoms with Crippen LogP contribution in [0.1, 0.15) is 12.5 Å². The van der Waals surface area contributed by atoms with Gasteiger partial charge in [0.1, 0.15) is 6.04 Å². The maximum absolute atomic E-state index is 10.9. The highest BCUT2D eigenvalue weighted by Crippen LogP contribution is 2.13. The molecule has 2 rings (SSSR count). The van der Waals surface area contributed by atoms with Gasteiger partial charge in [0.05, 0.1) is 0 Å². The third kappa shape index (κ3) is 3.99. The van der Waals surface area contributed by atoms with Gasteiger partial charge in [0.2, 0.25) is 0 Å². The van der Waals surface area contributed by atoms with Crippen LogP contribution in [-0.4, -0.2) is 58.1 Å². The number of aliphatic carboxylic acids is 1. The van der Waals surface area contributed by atoms with Crippen molar-refractivity contribution in [3.63, 3.8) is 0 Å². The molecule has 19 heavy (non-hydrogen) atoms. The van der Waals surface area contributed by atoms with Crippen LogP contribution >= 0.6 is 15.9 Å². The Morgan fingerprint density at radius 2 is 2.11 bits per heavy atom. The third-order valence-electron chi connectivity index (χ3n) is 3.48. The van der Waals surface area contributed by atoms with Gasteiger partial charge in [-0.2, -0.15) is 0 Å². The van der Waals surface area contributed by atoms with Crippen molar-refractivity contribution in [1.82, 2.24) is 14.8 Å². The number of aromatic nitrogens is 1. The van der Waals surface area contributed by atoms with Gasteiger partial charge in [-0.25, -0.2) is 0 Å². The maximum atomic E-state index is 10.9. The lowest BCUT2D eigenvalue weighted by Gasteiger charge is -2.36. The lowest BCUT2D eigenvalue weighted by molar-refractivity contribution is -0.143. The van der Waals surface area contributed by atoms with Crippen molar-refractivity contribution in [3.05, 3.63) is 28.5 Å². The highest BCUT2D eigenvalue weighted by Gasteiger charge is 2.24. The van der Waals surface area contributed by atoms with Crippen molar-refractivity contribution in [3.8, 4) is 0 Å². The number of carboxylic acids is 1. The van der Waals surface area contributed by atoms with Gasteiger partial charge < -0.3 is 5.11 Å². The molecule has 0 bridgehead atoms. The van der Waals surface area contributed by atoms with Crippen molar-refractivity contribution >= 4 is 21.9 Å². The molecular formula is C13H18BrN3O2. The Bertz CT molecular complexity index is 447. The SMILES string of the molecule is CC(C(=O)O)N1CCN(Cc2cncc(Br)c2)CC1. The van der Waals surface area contributed by atoms with Crippen LogP contribution in [0, 0.1) is 0 Å². The Hall–Kier alpha value is -0.980. The average molecular weight is 328 g/mol. The standard InChI is InChI=1S/C13H18BrN3O2/c1-10(13(18)19)17-4-2-16(3-5-17)9-11-6-12(14)8-15-7-11/h6-8,10H,2-5,9H2,1H3,(H,18,19). The summed E-state index contributed by atoms with van der Waals surface area (Å²) in [6.45, 7) is 6.00. The van der Waals surface area contributed by atoms with Crippen LogP contribution in [0.5, 0.6) is 0 Å². The molecule has 2 heterocycles. The summed E-state index contributed by atoms with van der Waals surface area (Å²) in [6.07, 6.45) is 3.65. The fraction of sp³-hybridized carbons (Fsp3) is 0.538. The molecular weight excluding hydrogens is 310 g/mol. The van der Waals surface area contributed by atoms with E-state index >= 15 is 0 Å². The predicted molar refractivity (Wildman–Crippen MR) is 75.9 cm³/mol. The smallest absolute Gasteiger partial charge is 0.320 e. The second-order valence-electron chi connectivity index (χ2n) is 4.84. The summed E-state index contributed by atoms with van der Waals surface area (Å²) >= 11 is 3.42. The topological polar surface area (TPSA) is 56.7 Å². The van der Waals surface area contributed by atoms with Gasteiger partial charge in [-0.05, 0) is 34.5 Å². The zero-order valence-electron chi connectivity index (χ0n) is 10.9. The number of hydrogen-bond acceptors (Lipinski definition) is 4. The molecule has 104 valence electrons. The molecule has 1 aromatic heterocycles.